The lowest BCUT2D eigenvalue weighted by Gasteiger charge is -2.40. The summed E-state index contributed by atoms with van der Waals surface area (Å²) in [6.07, 6.45) is 7.03. The van der Waals surface area contributed by atoms with E-state index in [9.17, 15) is 59.3 Å². The molecule has 8 aliphatic rings. The third kappa shape index (κ3) is 18.8. The Kier molecular flexibility index (Phi) is 27.8. The van der Waals surface area contributed by atoms with Crippen molar-refractivity contribution in [3.05, 3.63) is 234 Å². The number of benzene rings is 9. The predicted octanol–water partition coefficient (Wildman–Crippen LogP) is 16.5. The van der Waals surface area contributed by atoms with Gasteiger partial charge >= 0.3 is 35.6 Å². The van der Waals surface area contributed by atoms with Crippen LogP contribution in [-0.2, 0) is 41.6 Å². The van der Waals surface area contributed by atoms with Gasteiger partial charge in [-0.25, -0.2) is 38.5 Å². The van der Waals surface area contributed by atoms with Crippen molar-refractivity contribution in [2.24, 2.45) is 35.5 Å². The number of nitro groups is 1. The molecule has 143 heavy (non-hydrogen) atoms. The topological polar surface area (TPSA) is 457 Å². The number of aryl methyl sites for hydroxylation is 2. The molecule has 4 aromatic heterocycles. The average Bonchev–Trinajstić information content (AvgIpc) is 1.64. The SMILES string of the molecule is CC(C)c1cc(-c2n[nH]c(=O)n2-c2ccc3c(ccn3CCC3CCNCC3)c2)c(O)cc1O.COc1cc([C@@H]2c3cc4c(cc3[C@H](OC(=O)N3CCC(CCn5ccc6cc(-n7c(-c8cc(C(C)C)c(O)cc8O)n[nH]c7=O)ccc65)CC3)[C@H]3COC(=O)[C@@H]23)OCO4)cc(OC)c1OC.COc1cc([C@@H]2c3cc4c(cc3[C@H](OC(=O)Oc3ccc([N+](=O)[O-])cc3)[C@H]3COC(=O)[C@@H]23)OCO4)cc(OC)c1OC.Cl. The number of ether oxygens (including phenoxy) is 15. The summed E-state index contributed by atoms with van der Waals surface area (Å²) in [5, 5.41) is 71.7. The highest BCUT2D eigenvalue weighted by Gasteiger charge is 2.57. The molecule has 38 nitrogen and oxygen atoms in total. The number of methoxy groups -OCH3 is 6. The summed E-state index contributed by atoms with van der Waals surface area (Å²) < 4.78 is 92.7. The number of phenols is 4. The molecule has 0 spiro atoms. The number of H-pyrrole nitrogens is 2. The van der Waals surface area contributed by atoms with Gasteiger partial charge in [0, 0.05) is 119 Å². The number of rotatable bonds is 24. The van der Waals surface area contributed by atoms with Crippen LogP contribution in [0.2, 0.25) is 0 Å². The summed E-state index contributed by atoms with van der Waals surface area (Å²) in [4.78, 5) is 92.0. The highest BCUT2D eigenvalue weighted by atomic mass is 35.5. The van der Waals surface area contributed by atoms with Crippen molar-refractivity contribution in [1.29, 1.82) is 0 Å². The zero-order valence-electron chi connectivity index (χ0n) is 79.9. The predicted molar refractivity (Wildman–Crippen MR) is 521 cm³/mol. The first-order valence-corrected chi connectivity index (χ1v) is 47.0. The Bertz CT molecular complexity index is 7120. The lowest BCUT2D eigenvalue weighted by Crippen LogP contribution is -2.42. The molecule has 0 bridgehead atoms. The van der Waals surface area contributed by atoms with E-state index in [2.05, 4.69) is 47.1 Å². The van der Waals surface area contributed by atoms with E-state index in [1.54, 1.807) is 55.5 Å². The lowest BCUT2D eigenvalue weighted by molar-refractivity contribution is -0.384. The molecular formula is C104H108ClN11O27. The fourth-order valence-corrected chi connectivity index (χ4v) is 21.1. The minimum atomic E-state index is -1.05. The number of fused-ring (bicyclic) bond motifs is 8. The minimum Gasteiger partial charge on any atom is -0.508 e. The van der Waals surface area contributed by atoms with E-state index in [-0.39, 0.29) is 97.3 Å². The number of carbonyl (C=O) groups is 4. The van der Waals surface area contributed by atoms with Crippen LogP contribution in [0.4, 0.5) is 15.3 Å². The number of esters is 2. The number of non-ortho nitro benzene ring substituents is 1. The van der Waals surface area contributed by atoms with Crippen LogP contribution in [0.1, 0.15) is 147 Å². The van der Waals surface area contributed by atoms with Crippen LogP contribution >= 0.6 is 12.4 Å². The van der Waals surface area contributed by atoms with Gasteiger partial charge in [0.2, 0.25) is 25.1 Å². The molecule has 2 aliphatic carbocycles. The van der Waals surface area contributed by atoms with Gasteiger partial charge in [-0.2, -0.15) is 10.2 Å². The molecule has 8 atom stereocenters. The smallest absolute Gasteiger partial charge is 0.508 e. The standard InChI is InChI=1S/C49H51N5O12.C29H25NO12.C26H31N5O3.ClH/c1-25(2)30-19-33(37(56)22-36(30)55)46-50-51-48(58)54(46)29-6-7-35-27(16-29)11-15-52(35)12-8-26-9-13-53(14-10-26)49(59)66-44-32-21-39-38(64-24-65-39)20-31(32)42(43-34(44)23-63-47(43)57)28-17-40(60-3)45(62-5)41(18-28)61-4;1-35-22-8-14(9-23(36-2)27(22)37-3)24-17-10-20-21(40-13-39-20)11-18(17)26(19-12-38-28(31)25(19)24)42-29(32)41-16-6-4-15(5-7-16)30(33)34;1-16(2)20-14-21(24(33)15-23(20)32)25-28-29-26(34)31(25)19-3-4-22-18(13-19)8-12-30(22)11-7-17-5-9-27-10-6-17;/h6-7,11,15-22,25-26,34,42-44,55-56H,8-10,12-14,23-24H2,1-5H3,(H,51,58);4-11,19,24-26H,12-13H2,1-3H3;3-4,8,12-17,27,32-33H,5-7,9-11H2,1-2H3,(H,29,34);1H/t34-,42+,43+,44-;19-,24+,25+,26-;;/m00../s1. The van der Waals surface area contributed by atoms with E-state index in [1.165, 1.54) is 86.8 Å². The van der Waals surface area contributed by atoms with Crippen molar-refractivity contribution in [2.75, 3.05) is 95.6 Å². The van der Waals surface area contributed by atoms with Crippen LogP contribution in [0, 0.1) is 45.6 Å². The number of halogens is 1. The van der Waals surface area contributed by atoms with Crippen molar-refractivity contribution in [2.45, 2.75) is 115 Å². The molecule has 0 radical (unpaired) electrons. The average molecular weight is 1980 g/mol. The Morgan fingerprint density at radius 1 is 0.490 bits per heavy atom. The molecular weight excluding hydrogens is 1870 g/mol. The summed E-state index contributed by atoms with van der Waals surface area (Å²) in [6.45, 7) is 12.9. The summed E-state index contributed by atoms with van der Waals surface area (Å²) in [7, 11) is 9.12. The molecule has 4 saturated heterocycles. The summed E-state index contributed by atoms with van der Waals surface area (Å²) in [6, 6.07) is 41.1. The number of nitro benzene ring substituents is 1. The van der Waals surface area contributed by atoms with Gasteiger partial charge in [-0.05, 0) is 230 Å². The second-order valence-electron chi connectivity index (χ2n) is 36.9. The van der Waals surface area contributed by atoms with Gasteiger partial charge < -0.3 is 111 Å². The molecule has 13 aromatic rings. The number of aromatic amines is 2. The first-order valence-electron chi connectivity index (χ1n) is 47.0. The van der Waals surface area contributed by atoms with Gasteiger partial charge in [0.25, 0.3) is 5.69 Å². The van der Waals surface area contributed by atoms with E-state index >= 15 is 0 Å². The van der Waals surface area contributed by atoms with Gasteiger partial charge in [-0.3, -0.25) is 19.7 Å². The highest BCUT2D eigenvalue weighted by molar-refractivity contribution is 5.86. The largest absolute Gasteiger partial charge is 0.514 e. The maximum Gasteiger partial charge on any atom is 0.514 e. The Balaban J connectivity index is 0.000000151. The number of nitrogens with one attached hydrogen (secondary N) is 3. The monoisotopic (exact) mass is 1980 g/mol. The van der Waals surface area contributed by atoms with Gasteiger partial charge in [0.05, 0.1) is 95.1 Å². The van der Waals surface area contributed by atoms with E-state index in [4.69, 9.17) is 71.1 Å². The summed E-state index contributed by atoms with van der Waals surface area (Å²) >= 11 is 0. The van der Waals surface area contributed by atoms with E-state index in [0.29, 0.717) is 133 Å². The Hall–Kier alpha value is -15.7. The molecule has 39 heteroatoms. The minimum absolute atomic E-state index is 0. The quantitative estimate of drug-likeness (QED) is 0.00971. The van der Waals surface area contributed by atoms with E-state index in [0.717, 1.165) is 96.3 Å². The van der Waals surface area contributed by atoms with Crippen molar-refractivity contribution in [3.8, 4) is 120 Å². The fraction of sp³-hybridized carbons (Fsp3) is 0.365. The molecule has 748 valence electrons. The molecule has 7 N–H and O–H groups in total. The highest BCUT2D eigenvalue weighted by Crippen LogP contribution is 2.60. The zero-order chi connectivity index (χ0) is 99.3. The maximum atomic E-state index is 14.1. The number of carbonyl (C=O) groups excluding carboxylic acids is 4. The molecule has 0 saturated carbocycles. The Morgan fingerprint density at radius 3 is 1.31 bits per heavy atom. The molecule has 6 aliphatic heterocycles. The van der Waals surface area contributed by atoms with Crippen molar-refractivity contribution in [3.63, 3.8) is 0 Å². The second kappa shape index (κ2) is 40.8. The van der Waals surface area contributed by atoms with Crippen molar-refractivity contribution < 1.29 is 116 Å². The number of amides is 1. The number of cyclic esters (lactones) is 2. The molecule has 1 amide bonds. The summed E-state index contributed by atoms with van der Waals surface area (Å²) in [5.41, 5.74) is 8.54. The summed E-state index contributed by atoms with van der Waals surface area (Å²) in [5.74, 6) is 1.54. The number of aromatic nitrogens is 8. The third-order valence-electron chi connectivity index (χ3n) is 28.3. The van der Waals surface area contributed by atoms with E-state index in [1.807, 2.05) is 101 Å². The molecule has 4 fully saturated rings. The third-order valence-corrected chi connectivity index (χ3v) is 28.3. The van der Waals surface area contributed by atoms with Crippen molar-refractivity contribution >= 4 is 64.1 Å². The number of hydrogen-bond acceptors (Lipinski definition) is 30. The van der Waals surface area contributed by atoms with Crippen LogP contribution in [0.3, 0.4) is 0 Å². The Morgan fingerprint density at radius 2 is 0.902 bits per heavy atom. The van der Waals surface area contributed by atoms with Gasteiger partial charge in [0.15, 0.2) is 57.6 Å². The van der Waals surface area contributed by atoms with Gasteiger partial charge in [-0.15, -0.1) is 12.4 Å². The van der Waals surface area contributed by atoms with Crippen LogP contribution in [0.15, 0.2) is 168 Å². The van der Waals surface area contributed by atoms with E-state index < -0.39 is 82.2 Å². The first-order chi connectivity index (χ1) is 68.7. The molecule has 21 rings (SSSR count). The molecule has 0 unspecified atom stereocenters. The number of likely N-dealkylation sites (tertiary alicyclic amines) is 1. The zero-order valence-corrected chi connectivity index (χ0v) is 80.7. The fourth-order valence-electron chi connectivity index (χ4n) is 21.1. The van der Waals surface area contributed by atoms with Crippen LogP contribution in [0.25, 0.3) is 56.0 Å². The van der Waals surface area contributed by atoms with Crippen LogP contribution < -0.4 is 68.8 Å². The van der Waals surface area contributed by atoms with Gasteiger partial charge in [-0.1, -0.05) is 27.7 Å². The number of phenolic OH excluding ortho intramolecular Hbond substituents is 4. The number of nitrogens with zero attached hydrogens (tertiary/aromatic N) is 8. The number of piperidine rings is 2. The molecule has 9 aromatic carbocycles. The maximum absolute atomic E-state index is 14.1. The lowest BCUT2D eigenvalue weighted by atomic mass is 9.66. The molecule has 10 heterocycles. The number of hydrogen-bond donors (Lipinski definition) is 7. The van der Waals surface area contributed by atoms with Crippen LogP contribution in [-0.4, -0.2) is 189 Å². The van der Waals surface area contributed by atoms with Crippen molar-refractivity contribution in [1.82, 2.24) is 48.9 Å². The first kappa shape index (κ1) is 97.5. The number of aromatic hydroxyl groups is 4. The second-order valence-corrected chi connectivity index (χ2v) is 36.9. The Labute approximate surface area is 824 Å². The van der Waals surface area contributed by atoms with Gasteiger partial charge in [0.1, 0.15) is 41.0 Å². The normalized spacial score (nSPS) is 19.1. The van der Waals surface area contributed by atoms with Crippen LogP contribution in [0.5, 0.6) is 86.2 Å².